The highest BCUT2D eigenvalue weighted by atomic mass is 16.4. The molecule has 4 bridgehead atoms. The second-order valence-corrected chi connectivity index (χ2v) is 8.07. The van der Waals surface area contributed by atoms with Gasteiger partial charge in [0.15, 0.2) is 0 Å². The Hall–Kier alpha value is -1.39. The third-order valence-corrected chi connectivity index (χ3v) is 5.90. The van der Waals surface area contributed by atoms with E-state index < -0.39 is 0 Å². The van der Waals surface area contributed by atoms with Crippen molar-refractivity contribution in [1.82, 2.24) is 15.5 Å². The number of nitrogens with one attached hydrogen (secondary N) is 1. The number of nitrogens with zero attached hydrogens (tertiary/aromatic N) is 2. The summed E-state index contributed by atoms with van der Waals surface area (Å²) in [6.07, 6.45) is 7.33. The summed E-state index contributed by atoms with van der Waals surface area (Å²) < 4.78 is 5.58. The van der Waals surface area contributed by atoms with Crippen molar-refractivity contribution in [3.8, 4) is 0 Å². The fourth-order valence-electron chi connectivity index (χ4n) is 5.30. The van der Waals surface area contributed by atoms with Gasteiger partial charge >= 0.3 is 0 Å². The van der Waals surface area contributed by atoms with Crippen molar-refractivity contribution in [3.05, 3.63) is 11.8 Å². The molecule has 1 heterocycles. The molecular formula is C17H25N3O2. The van der Waals surface area contributed by atoms with Crippen LogP contribution in [0.2, 0.25) is 0 Å². The van der Waals surface area contributed by atoms with Crippen molar-refractivity contribution in [3.63, 3.8) is 0 Å². The summed E-state index contributed by atoms with van der Waals surface area (Å²) in [4.78, 5) is 12.8. The number of carbonyl (C=O) groups excluding carboxylic acids is 1. The third kappa shape index (κ3) is 2.34. The van der Waals surface area contributed by atoms with Crippen LogP contribution in [-0.2, 0) is 11.3 Å². The molecule has 4 fully saturated rings. The van der Waals surface area contributed by atoms with Crippen molar-refractivity contribution in [2.75, 3.05) is 0 Å². The van der Waals surface area contributed by atoms with Crippen molar-refractivity contribution in [1.29, 1.82) is 0 Å². The average Bonchev–Trinajstić information content (AvgIpc) is 2.92. The molecule has 1 N–H and O–H groups in total. The monoisotopic (exact) mass is 303 g/mol. The summed E-state index contributed by atoms with van der Waals surface area (Å²) in [5.74, 6) is 3.95. The summed E-state index contributed by atoms with van der Waals surface area (Å²) in [5, 5.41) is 11.1. The Balaban J connectivity index is 1.41. The minimum absolute atomic E-state index is 0.102. The minimum Gasteiger partial charge on any atom is -0.423 e. The number of rotatable bonds is 4. The molecule has 4 aliphatic rings. The Bertz CT molecular complexity index is 543. The van der Waals surface area contributed by atoms with E-state index in [0.29, 0.717) is 18.3 Å². The standard InChI is InChI=1S/C17H25N3O2/c1-10(2)15-20-19-14(22-15)9-18-16(21)17-6-11-3-12(7-17)5-13(4-11)8-17/h10-13H,3-9H2,1-2H3,(H,18,21). The van der Waals surface area contributed by atoms with Gasteiger partial charge in [-0.15, -0.1) is 10.2 Å². The zero-order valence-corrected chi connectivity index (χ0v) is 13.5. The molecule has 1 amide bonds. The fourth-order valence-corrected chi connectivity index (χ4v) is 5.30. The molecule has 0 spiro atoms. The molecule has 0 unspecified atom stereocenters. The summed E-state index contributed by atoms with van der Waals surface area (Å²) in [5.41, 5.74) is -0.102. The maximum Gasteiger partial charge on any atom is 0.235 e. The van der Waals surface area contributed by atoms with Crippen LogP contribution < -0.4 is 5.32 Å². The minimum atomic E-state index is -0.102. The first kappa shape index (κ1) is 14.2. The van der Waals surface area contributed by atoms with Gasteiger partial charge in [0.25, 0.3) is 0 Å². The highest BCUT2D eigenvalue weighted by molar-refractivity contribution is 5.83. The number of carbonyl (C=O) groups is 1. The number of hydrogen-bond acceptors (Lipinski definition) is 4. The fraction of sp³-hybridized carbons (Fsp3) is 0.824. The van der Waals surface area contributed by atoms with Crippen LogP contribution in [-0.4, -0.2) is 16.1 Å². The Labute approximate surface area is 131 Å². The Morgan fingerprint density at radius 2 is 1.77 bits per heavy atom. The van der Waals surface area contributed by atoms with E-state index in [-0.39, 0.29) is 17.2 Å². The summed E-state index contributed by atoms with van der Waals surface area (Å²) in [7, 11) is 0. The van der Waals surface area contributed by atoms with E-state index in [2.05, 4.69) is 15.5 Å². The van der Waals surface area contributed by atoms with E-state index in [1.54, 1.807) is 0 Å². The van der Waals surface area contributed by atoms with Crippen LogP contribution >= 0.6 is 0 Å². The maximum absolute atomic E-state index is 12.8. The van der Waals surface area contributed by atoms with E-state index in [1.807, 2.05) is 13.8 Å². The molecule has 0 radical (unpaired) electrons. The van der Waals surface area contributed by atoms with Gasteiger partial charge in [-0.05, 0) is 56.3 Å². The normalized spacial score (nSPS) is 36.0. The molecule has 120 valence electrons. The third-order valence-electron chi connectivity index (χ3n) is 5.90. The molecule has 0 aromatic carbocycles. The van der Waals surface area contributed by atoms with Crippen molar-refractivity contribution < 1.29 is 9.21 Å². The molecule has 0 atom stereocenters. The van der Waals surface area contributed by atoms with Crippen molar-refractivity contribution >= 4 is 5.91 Å². The Morgan fingerprint density at radius 3 is 2.27 bits per heavy atom. The predicted octanol–water partition coefficient (Wildman–Crippen LogP) is 3.03. The molecule has 0 aliphatic heterocycles. The summed E-state index contributed by atoms with van der Waals surface area (Å²) in [6, 6.07) is 0. The maximum atomic E-state index is 12.8. The first-order valence-corrected chi connectivity index (χ1v) is 8.64. The van der Waals surface area contributed by atoms with Crippen LogP contribution in [0.1, 0.15) is 70.1 Å². The van der Waals surface area contributed by atoms with Gasteiger partial charge in [-0.3, -0.25) is 4.79 Å². The van der Waals surface area contributed by atoms with E-state index in [1.165, 1.54) is 19.3 Å². The van der Waals surface area contributed by atoms with Crippen LogP contribution in [0.25, 0.3) is 0 Å². The smallest absolute Gasteiger partial charge is 0.235 e. The van der Waals surface area contributed by atoms with Gasteiger partial charge in [0.05, 0.1) is 6.54 Å². The SMILES string of the molecule is CC(C)c1nnc(CNC(=O)C23CC4CC(CC(C4)C2)C3)o1. The lowest BCUT2D eigenvalue weighted by Crippen LogP contribution is -2.53. The molecule has 1 aromatic rings. The van der Waals surface area contributed by atoms with Gasteiger partial charge in [0, 0.05) is 11.3 Å². The molecule has 5 nitrogen and oxygen atoms in total. The van der Waals surface area contributed by atoms with Crippen LogP contribution in [0.5, 0.6) is 0 Å². The quantitative estimate of drug-likeness (QED) is 0.928. The van der Waals surface area contributed by atoms with Gasteiger partial charge in [-0.25, -0.2) is 0 Å². The highest BCUT2D eigenvalue weighted by Gasteiger charge is 2.54. The van der Waals surface area contributed by atoms with Crippen LogP contribution in [0.4, 0.5) is 0 Å². The zero-order chi connectivity index (χ0) is 15.3. The first-order valence-electron chi connectivity index (χ1n) is 8.64. The van der Waals surface area contributed by atoms with Crippen LogP contribution in [0.3, 0.4) is 0 Å². The van der Waals surface area contributed by atoms with Crippen molar-refractivity contribution in [2.24, 2.45) is 23.2 Å². The van der Waals surface area contributed by atoms with Gasteiger partial charge in [-0.1, -0.05) is 13.8 Å². The molecule has 1 aromatic heterocycles. The topological polar surface area (TPSA) is 68.0 Å². The van der Waals surface area contributed by atoms with E-state index in [0.717, 1.165) is 37.0 Å². The van der Waals surface area contributed by atoms with Gasteiger partial charge in [0.2, 0.25) is 17.7 Å². The average molecular weight is 303 g/mol. The molecule has 22 heavy (non-hydrogen) atoms. The molecule has 0 saturated heterocycles. The highest BCUT2D eigenvalue weighted by Crippen LogP contribution is 2.60. The van der Waals surface area contributed by atoms with E-state index in [4.69, 9.17) is 4.42 Å². The van der Waals surface area contributed by atoms with Crippen LogP contribution in [0, 0.1) is 23.2 Å². The molecule has 4 aliphatic carbocycles. The lowest BCUT2D eigenvalue weighted by molar-refractivity contribution is -0.146. The largest absolute Gasteiger partial charge is 0.423 e. The molecular weight excluding hydrogens is 278 g/mol. The molecule has 5 heteroatoms. The van der Waals surface area contributed by atoms with E-state index in [9.17, 15) is 4.79 Å². The summed E-state index contributed by atoms with van der Waals surface area (Å²) in [6.45, 7) is 4.40. The predicted molar refractivity (Wildman–Crippen MR) is 80.8 cm³/mol. The lowest BCUT2D eigenvalue weighted by atomic mass is 9.49. The number of hydrogen-bond donors (Lipinski definition) is 1. The molecule has 5 rings (SSSR count). The van der Waals surface area contributed by atoms with Crippen LogP contribution in [0.15, 0.2) is 4.42 Å². The first-order chi connectivity index (χ1) is 10.5. The Kier molecular flexibility index (Phi) is 3.27. The summed E-state index contributed by atoms with van der Waals surface area (Å²) >= 11 is 0. The zero-order valence-electron chi connectivity index (χ0n) is 13.5. The van der Waals surface area contributed by atoms with Gasteiger partial charge in [-0.2, -0.15) is 0 Å². The van der Waals surface area contributed by atoms with Gasteiger partial charge < -0.3 is 9.73 Å². The second kappa shape index (κ2) is 5.07. The molecule has 4 saturated carbocycles. The van der Waals surface area contributed by atoms with E-state index >= 15 is 0 Å². The van der Waals surface area contributed by atoms with Crippen molar-refractivity contribution in [2.45, 2.75) is 64.8 Å². The second-order valence-electron chi connectivity index (χ2n) is 8.07. The van der Waals surface area contributed by atoms with Gasteiger partial charge in [0.1, 0.15) is 0 Å². The number of amides is 1. The Morgan fingerprint density at radius 1 is 1.18 bits per heavy atom. The number of aromatic nitrogens is 2. The lowest BCUT2D eigenvalue weighted by Gasteiger charge is -2.55.